The Balaban J connectivity index is 1.70. The molecule has 5 nitrogen and oxygen atoms in total. The van der Waals surface area contributed by atoms with Gasteiger partial charge in [0.25, 0.3) is 0 Å². The monoisotopic (exact) mass is 353 g/mol. The standard InChI is InChI=1S/C19H19N3O2S/c1-13(2)24-17-11-7-6-10-15(17)18-20-19(22-21-18)25-12-16(23)14-8-4-3-5-9-14/h3-11,13H,12H2,1-2H3,(H,20,21,22). The Hall–Kier alpha value is -2.60. The summed E-state index contributed by atoms with van der Waals surface area (Å²) in [5.74, 6) is 1.74. The maximum atomic E-state index is 12.2. The predicted molar refractivity (Wildman–Crippen MR) is 99.1 cm³/mol. The Bertz CT molecular complexity index is 847. The number of aromatic amines is 1. The quantitative estimate of drug-likeness (QED) is 0.508. The number of benzene rings is 2. The van der Waals surface area contributed by atoms with Crippen molar-refractivity contribution in [1.29, 1.82) is 0 Å². The van der Waals surface area contributed by atoms with E-state index < -0.39 is 0 Å². The number of H-pyrrole nitrogens is 1. The van der Waals surface area contributed by atoms with Gasteiger partial charge in [0.1, 0.15) is 5.75 Å². The molecule has 2 aromatic carbocycles. The van der Waals surface area contributed by atoms with Crippen molar-refractivity contribution in [1.82, 2.24) is 15.2 Å². The number of ether oxygens (including phenoxy) is 1. The van der Waals surface area contributed by atoms with Gasteiger partial charge in [0.2, 0.25) is 5.16 Å². The zero-order chi connectivity index (χ0) is 17.6. The lowest BCUT2D eigenvalue weighted by atomic mass is 10.2. The van der Waals surface area contributed by atoms with Crippen LogP contribution in [0.25, 0.3) is 11.4 Å². The molecule has 0 spiro atoms. The molecule has 25 heavy (non-hydrogen) atoms. The molecule has 0 fully saturated rings. The third kappa shape index (κ3) is 4.48. The van der Waals surface area contributed by atoms with Gasteiger partial charge in [-0.3, -0.25) is 9.89 Å². The van der Waals surface area contributed by atoms with Crippen molar-refractivity contribution in [3.05, 3.63) is 60.2 Å². The largest absolute Gasteiger partial charge is 0.490 e. The van der Waals surface area contributed by atoms with Crippen LogP contribution >= 0.6 is 11.8 Å². The van der Waals surface area contributed by atoms with Crippen molar-refractivity contribution in [2.24, 2.45) is 0 Å². The summed E-state index contributed by atoms with van der Waals surface area (Å²) in [4.78, 5) is 16.6. The van der Waals surface area contributed by atoms with Gasteiger partial charge in [-0.05, 0) is 26.0 Å². The van der Waals surface area contributed by atoms with E-state index in [4.69, 9.17) is 4.74 Å². The van der Waals surface area contributed by atoms with E-state index in [1.165, 1.54) is 11.8 Å². The van der Waals surface area contributed by atoms with Crippen molar-refractivity contribution < 1.29 is 9.53 Å². The highest BCUT2D eigenvalue weighted by molar-refractivity contribution is 7.99. The Kier molecular flexibility index (Phi) is 5.50. The zero-order valence-corrected chi connectivity index (χ0v) is 14.9. The molecule has 1 aromatic heterocycles. The second-order valence-electron chi connectivity index (χ2n) is 5.71. The number of carbonyl (C=O) groups is 1. The Morgan fingerprint density at radius 2 is 1.84 bits per heavy atom. The zero-order valence-electron chi connectivity index (χ0n) is 14.1. The van der Waals surface area contributed by atoms with E-state index in [1.54, 1.807) is 0 Å². The van der Waals surface area contributed by atoms with Crippen LogP contribution in [0, 0.1) is 0 Å². The summed E-state index contributed by atoms with van der Waals surface area (Å²) in [6, 6.07) is 16.9. The van der Waals surface area contributed by atoms with Crippen LogP contribution < -0.4 is 4.74 Å². The molecule has 3 rings (SSSR count). The Morgan fingerprint density at radius 1 is 1.12 bits per heavy atom. The number of nitrogens with one attached hydrogen (secondary N) is 1. The van der Waals surface area contributed by atoms with Gasteiger partial charge >= 0.3 is 0 Å². The highest BCUT2D eigenvalue weighted by Gasteiger charge is 2.13. The van der Waals surface area contributed by atoms with Crippen LogP contribution in [0.3, 0.4) is 0 Å². The second-order valence-corrected chi connectivity index (χ2v) is 6.65. The summed E-state index contributed by atoms with van der Waals surface area (Å²) in [6.45, 7) is 3.96. The minimum atomic E-state index is 0.0560. The number of ketones is 1. The SMILES string of the molecule is CC(C)Oc1ccccc1-c1nc(SCC(=O)c2ccccc2)n[nH]1. The van der Waals surface area contributed by atoms with Gasteiger partial charge in [0, 0.05) is 5.56 Å². The van der Waals surface area contributed by atoms with Crippen molar-refractivity contribution >= 4 is 17.5 Å². The number of nitrogens with zero attached hydrogens (tertiary/aromatic N) is 2. The number of thioether (sulfide) groups is 1. The van der Waals surface area contributed by atoms with Gasteiger partial charge < -0.3 is 4.74 Å². The van der Waals surface area contributed by atoms with Crippen molar-refractivity contribution in [3.8, 4) is 17.1 Å². The fourth-order valence-electron chi connectivity index (χ4n) is 2.29. The molecule has 0 aliphatic carbocycles. The summed E-state index contributed by atoms with van der Waals surface area (Å²) in [7, 11) is 0. The molecule has 1 heterocycles. The van der Waals surface area contributed by atoms with Gasteiger partial charge in [0.05, 0.1) is 17.4 Å². The van der Waals surface area contributed by atoms with E-state index in [0.717, 1.165) is 11.3 Å². The average molecular weight is 353 g/mol. The summed E-state index contributed by atoms with van der Waals surface area (Å²) in [5, 5.41) is 7.66. The van der Waals surface area contributed by atoms with Crippen LogP contribution in [0.1, 0.15) is 24.2 Å². The maximum absolute atomic E-state index is 12.2. The topological polar surface area (TPSA) is 67.9 Å². The first-order chi connectivity index (χ1) is 12.1. The third-order valence-electron chi connectivity index (χ3n) is 3.40. The van der Waals surface area contributed by atoms with E-state index >= 15 is 0 Å². The summed E-state index contributed by atoms with van der Waals surface area (Å²) in [5.41, 5.74) is 1.55. The van der Waals surface area contributed by atoms with Crippen molar-refractivity contribution in [2.45, 2.75) is 25.1 Å². The fraction of sp³-hybridized carbons (Fsp3) is 0.211. The number of rotatable bonds is 7. The molecule has 3 aromatic rings. The molecule has 6 heteroatoms. The fourth-order valence-corrected chi connectivity index (χ4v) is 2.98. The Morgan fingerprint density at radius 3 is 2.60 bits per heavy atom. The smallest absolute Gasteiger partial charge is 0.209 e. The number of aromatic nitrogens is 3. The predicted octanol–water partition coefficient (Wildman–Crippen LogP) is 4.23. The Labute approximate surface area is 150 Å². The lowest BCUT2D eigenvalue weighted by molar-refractivity contribution is 0.102. The van der Waals surface area contributed by atoms with E-state index in [1.807, 2.05) is 68.4 Å². The molecule has 0 aliphatic heterocycles. The molecule has 1 N–H and O–H groups in total. The van der Waals surface area contributed by atoms with Crippen molar-refractivity contribution in [3.63, 3.8) is 0 Å². The van der Waals surface area contributed by atoms with Crippen LogP contribution in [-0.4, -0.2) is 32.8 Å². The van der Waals surface area contributed by atoms with Gasteiger partial charge in [-0.1, -0.05) is 54.2 Å². The molecule has 128 valence electrons. The number of hydrogen-bond donors (Lipinski definition) is 1. The summed E-state index contributed by atoms with van der Waals surface area (Å²) >= 11 is 1.31. The molecule has 0 aliphatic rings. The third-order valence-corrected chi connectivity index (χ3v) is 4.25. The van der Waals surface area contributed by atoms with E-state index in [0.29, 0.717) is 22.3 Å². The van der Waals surface area contributed by atoms with Gasteiger partial charge in [-0.2, -0.15) is 0 Å². The highest BCUT2D eigenvalue weighted by atomic mass is 32.2. The molecule has 0 saturated heterocycles. The number of para-hydroxylation sites is 1. The van der Waals surface area contributed by atoms with Crippen molar-refractivity contribution in [2.75, 3.05) is 5.75 Å². The first-order valence-corrected chi connectivity index (χ1v) is 9.01. The molecule has 0 atom stereocenters. The molecule has 0 bridgehead atoms. The van der Waals surface area contributed by atoms with E-state index in [9.17, 15) is 4.79 Å². The van der Waals surface area contributed by atoms with Crippen LogP contribution in [0.5, 0.6) is 5.75 Å². The van der Waals surface area contributed by atoms with E-state index in [2.05, 4.69) is 15.2 Å². The second kappa shape index (κ2) is 7.98. The summed E-state index contributed by atoms with van der Waals surface area (Å²) < 4.78 is 5.82. The lowest BCUT2D eigenvalue weighted by Crippen LogP contribution is -2.06. The highest BCUT2D eigenvalue weighted by Crippen LogP contribution is 2.29. The number of carbonyl (C=O) groups excluding carboxylic acids is 1. The normalized spacial score (nSPS) is 10.8. The number of Topliss-reactive ketones (excluding diaryl/α,β-unsaturated/α-hetero) is 1. The van der Waals surface area contributed by atoms with Crippen LogP contribution in [0.15, 0.2) is 59.8 Å². The van der Waals surface area contributed by atoms with Crippen LogP contribution in [0.4, 0.5) is 0 Å². The first kappa shape index (κ1) is 17.2. The number of hydrogen-bond acceptors (Lipinski definition) is 5. The minimum absolute atomic E-state index is 0.0560. The van der Waals surface area contributed by atoms with Crippen LogP contribution in [-0.2, 0) is 0 Å². The van der Waals surface area contributed by atoms with Gasteiger partial charge in [-0.15, -0.1) is 5.10 Å². The first-order valence-electron chi connectivity index (χ1n) is 8.03. The molecule has 0 saturated carbocycles. The molecule has 0 unspecified atom stereocenters. The molecular formula is C19H19N3O2S. The summed E-state index contributed by atoms with van der Waals surface area (Å²) in [6.07, 6.45) is 0.0708. The maximum Gasteiger partial charge on any atom is 0.209 e. The average Bonchev–Trinajstić information content (AvgIpc) is 3.09. The van der Waals surface area contributed by atoms with Gasteiger partial charge in [-0.25, -0.2) is 4.98 Å². The van der Waals surface area contributed by atoms with Crippen LogP contribution in [0.2, 0.25) is 0 Å². The molecule has 0 amide bonds. The van der Waals surface area contributed by atoms with E-state index in [-0.39, 0.29) is 11.9 Å². The lowest BCUT2D eigenvalue weighted by Gasteiger charge is -2.12. The minimum Gasteiger partial charge on any atom is -0.490 e. The molecular weight excluding hydrogens is 334 g/mol. The molecule has 0 radical (unpaired) electrons. The van der Waals surface area contributed by atoms with Gasteiger partial charge in [0.15, 0.2) is 11.6 Å².